The number of nitrogens with one attached hydrogen (secondary N) is 2. The molecule has 0 aliphatic carbocycles. The van der Waals surface area contributed by atoms with E-state index in [1.54, 1.807) is 0 Å². The van der Waals surface area contributed by atoms with Gasteiger partial charge in [-0.2, -0.15) is 5.10 Å². The molecule has 2 aromatic carbocycles. The Bertz CT molecular complexity index is 1500. The Balaban J connectivity index is 1.00. The van der Waals surface area contributed by atoms with E-state index >= 15 is 0 Å². The predicted octanol–water partition coefficient (Wildman–Crippen LogP) is 5.37. The van der Waals surface area contributed by atoms with Gasteiger partial charge in [-0.15, -0.1) is 15.3 Å². The molecule has 9 nitrogen and oxygen atoms in total. The molecule has 4 aromatic rings. The molecule has 1 fully saturated rings. The number of carbonyl (C=O) groups excluding carboxylic acids is 2. The Morgan fingerprint density at radius 2 is 1.67 bits per heavy atom. The van der Waals surface area contributed by atoms with Crippen LogP contribution in [0.5, 0.6) is 0 Å². The van der Waals surface area contributed by atoms with Crippen molar-refractivity contribution in [1.82, 2.24) is 25.3 Å². The molecule has 1 aliphatic rings. The molecule has 42 heavy (non-hydrogen) atoms. The number of nitrogens with zero attached hydrogens (tertiary/aromatic N) is 5. The first-order chi connectivity index (χ1) is 20.5. The van der Waals surface area contributed by atoms with Crippen LogP contribution in [0.2, 0.25) is 0 Å². The van der Waals surface area contributed by atoms with Gasteiger partial charge in [-0.25, -0.2) is 0 Å². The van der Waals surface area contributed by atoms with Crippen LogP contribution in [0.1, 0.15) is 53.1 Å². The van der Waals surface area contributed by atoms with Crippen molar-refractivity contribution in [3.8, 4) is 0 Å². The summed E-state index contributed by atoms with van der Waals surface area (Å²) in [5.41, 5.74) is 4.95. The molecule has 1 saturated heterocycles. The van der Waals surface area contributed by atoms with Crippen LogP contribution in [0.3, 0.4) is 0 Å². The van der Waals surface area contributed by atoms with Gasteiger partial charge in [0.15, 0.2) is 5.82 Å². The van der Waals surface area contributed by atoms with Gasteiger partial charge in [-0.3, -0.25) is 9.59 Å². The zero-order valence-electron chi connectivity index (χ0n) is 23.6. The molecule has 0 atom stereocenters. The standard InChI is InChI=1S/C32H35N7O2S/c1-23(19-24-9-3-2-4-10-24)33-28-17-16-27(35-36-28)13-5-6-14-30-37-38-32(42-30)34-29(40)21-25-11-7-12-26(20-25)22-39-18-8-15-31(39)41/h2-4,7,9-12,16-17,20H,1,5-6,8,13-15,18-19,21-22H2,(H,33,36)(H,34,38,40). The number of anilines is 2. The van der Waals surface area contributed by atoms with Gasteiger partial charge in [-0.05, 0) is 54.5 Å². The molecule has 0 spiro atoms. The van der Waals surface area contributed by atoms with Crippen molar-refractivity contribution in [3.63, 3.8) is 0 Å². The van der Waals surface area contributed by atoms with Gasteiger partial charge in [-0.1, -0.05) is 72.5 Å². The molecule has 0 radical (unpaired) electrons. The molecule has 0 unspecified atom stereocenters. The summed E-state index contributed by atoms with van der Waals surface area (Å²) in [6.45, 7) is 5.48. The number of allylic oxidation sites excluding steroid dienone is 1. The van der Waals surface area contributed by atoms with E-state index in [9.17, 15) is 9.59 Å². The van der Waals surface area contributed by atoms with E-state index in [1.807, 2.05) is 59.5 Å². The molecule has 2 amide bonds. The lowest BCUT2D eigenvalue weighted by Gasteiger charge is -2.16. The number of rotatable bonds is 14. The topological polar surface area (TPSA) is 113 Å². The molecule has 0 saturated carbocycles. The maximum atomic E-state index is 12.6. The molecule has 5 rings (SSSR count). The van der Waals surface area contributed by atoms with Crippen LogP contribution in [0.4, 0.5) is 10.9 Å². The van der Waals surface area contributed by atoms with Gasteiger partial charge in [0.2, 0.25) is 16.9 Å². The minimum absolute atomic E-state index is 0.132. The number of hydrogen-bond donors (Lipinski definition) is 2. The smallest absolute Gasteiger partial charge is 0.230 e. The fourth-order valence-corrected chi connectivity index (χ4v) is 5.69. The number of benzene rings is 2. The highest BCUT2D eigenvalue weighted by Crippen LogP contribution is 2.19. The molecule has 2 aromatic heterocycles. The number of likely N-dealkylation sites (tertiary alicyclic amines) is 1. The molecule has 1 aliphatic heterocycles. The summed E-state index contributed by atoms with van der Waals surface area (Å²) >= 11 is 1.41. The SMILES string of the molecule is C=C(Cc1ccccc1)Nc1ccc(CCCCc2nnc(NC(=O)Cc3cccc(CN4CCCC4=O)c3)s2)nn1. The van der Waals surface area contributed by atoms with Crippen molar-refractivity contribution in [1.29, 1.82) is 0 Å². The number of amides is 2. The van der Waals surface area contributed by atoms with Gasteiger partial charge in [0, 0.05) is 38.0 Å². The first-order valence-corrected chi connectivity index (χ1v) is 15.1. The summed E-state index contributed by atoms with van der Waals surface area (Å²) in [6, 6.07) is 22.0. The summed E-state index contributed by atoms with van der Waals surface area (Å²) < 4.78 is 0. The number of aromatic nitrogens is 4. The molecular weight excluding hydrogens is 546 g/mol. The quantitative estimate of drug-likeness (QED) is 0.193. The van der Waals surface area contributed by atoms with Crippen molar-refractivity contribution >= 4 is 34.1 Å². The molecule has 10 heteroatoms. The molecule has 2 N–H and O–H groups in total. The zero-order chi connectivity index (χ0) is 29.1. The van der Waals surface area contributed by atoms with Crippen molar-refractivity contribution in [3.05, 3.63) is 106 Å². The summed E-state index contributed by atoms with van der Waals surface area (Å²) in [5.74, 6) is 0.754. The summed E-state index contributed by atoms with van der Waals surface area (Å²) in [7, 11) is 0. The van der Waals surface area contributed by atoms with Gasteiger partial charge in [0.25, 0.3) is 0 Å². The third kappa shape index (κ3) is 8.78. The lowest BCUT2D eigenvalue weighted by atomic mass is 10.1. The van der Waals surface area contributed by atoms with Crippen LogP contribution in [-0.2, 0) is 41.8 Å². The second kappa shape index (κ2) is 14.5. The third-order valence-electron chi connectivity index (χ3n) is 6.97. The second-order valence-corrected chi connectivity index (χ2v) is 11.5. The highest BCUT2D eigenvalue weighted by molar-refractivity contribution is 7.15. The largest absolute Gasteiger partial charge is 0.343 e. The Morgan fingerprint density at radius 1 is 0.857 bits per heavy atom. The lowest BCUT2D eigenvalue weighted by Crippen LogP contribution is -2.23. The second-order valence-electron chi connectivity index (χ2n) is 10.5. The van der Waals surface area contributed by atoms with Crippen molar-refractivity contribution in [2.75, 3.05) is 17.2 Å². The maximum absolute atomic E-state index is 12.6. The van der Waals surface area contributed by atoms with Gasteiger partial charge in [0.05, 0.1) is 12.1 Å². The van der Waals surface area contributed by atoms with E-state index in [0.717, 1.165) is 72.6 Å². The highest BCUT2D eigenvalue weighted by atomic mass is 32.1. The number of aryl methyl sites for hydroxylation is 2. The third-order valence-corrected chi connectivity index (χ3v) is 7.87. The summed E-state index contributed by atoms with van der Waals surface area (Å²) in [5, 5.41) is 24.5. The van der Waals surface area contributed by atoms with Crippen molar-refractivity contribution in [2.24, 2.45) is 0 Å². The van der Waals surface area contributed by atoms with Crippen molar-refractivity contribution < 1.29 is 9.59 Å². The van der Waals surface area contributed by atoms with E-state index in [1.165, 1.54) is 16.9 Å². The van der Waals surface area contributed by atoms with Gasteiger partial charge in [0.1, 0.15) is 5.01 Å². The Kier molecular flexibility index (Phi) is 10.0. The Hall–Kier alpha value is -4.44. The van der Waals surface area contributed by atoms with E-state index in [4.69, 9.17) is 0 Å². The van der Waals surface area contributed by atoms with Gasteiger partial charge >= 0.3 is 0 Å². The fraction of sp³-hybridized carbons (Fsp3) is 0.312. The minimum Gasteiger partial charge on any atom is -0.343 e. The van der Waals surface area contributed by atoms with Crippen LogP contribution in [0.15, 0.2) is 79.0 Å². The van der Waals surface area contributed by atoms with Crippen LogP contribution in [0.25, 0.3) is 0 Å². The molecule has 3 heterocycles. The maximum Gasteiger partial charge on any atom is 0.230 e. The molecule has 0 bridgehead atoms. The highest BCUT2D eigenvalue weighted by Gasteiger charge is 2.20. The molecular formula is C32H35N7O2S. The average Bonchev–Trinajstić information content (AvgIpc) is 3.60. The van der Waals surface area contributed by atoms with Crippen LogP contribution in [-0.4, -0.2) is 43.7 Å². The van der Waals surface area contributed by atoms with E-state index in [-0.39, 0.29) is 18.2 Å². The van der Waals surface area contributed by atoms with E-state index in [0.29, 0.717) is 23.9 Å². The first-order valence-electron chi connectivity index (χ1n) is 14.3. The van der Waals surface area contributed by atoms with E-state index < -0.39 is 0 Å². The number of carbonyl (C=O) groups is 2. The molecule has 216 valence electrons. The van der Waals surface area contributed by atoms with Crippen LogP contribution >= 0.6 is 11.3 Å². The fourth-order valence-electron chi connectivity index (χ4n) is 4.89. The minimum atomic E-state index is -0.132. The number of hydrogen-bond acceptors (Lipinski definition) is 8. The number of unbranched alkanes of at least 4 members (excludes halogenated alkanes) is 1. The lowest BCUT2D eigenvalue weighted by molar-refractivity contribution is -0.128. The Labute approximate surface area is 250 Å². The average molecular weight is 582 g/mol. The zero-order valence-corrected chi connectivity index (χ0v) is 24.4. The monoisotopic (exact) mass is 581 g/mol. The van der Waals surface area contributed by atoms with Gasteiger partial charge < -0.3 is 15.5 Å². The predicted molar refractivity (Wildman–Crippen MR) is 165 cm³/mol. The first kappa shape index (κ1) is 29.1. The summed E-state index contributed by atoms with van der Waals surface area (Å²) in [6.07, 6.45) is 6.01. The van der Waals surface area contributed by atoms with Crippen molar-refractivity contribution in [2.45, 2.75) is 57.9 Å². The van der Waals surface area contributed by atoms with E-state index in [2.05, 4.69) is 49.7 Å². The van der Waals surface area contributed by atoms with Crippen LogP contribution in [0, 0.1) is 0 Å². The Morgan fingerprint density at radius 3 is 2.45 bits per heavy atom. The normalized spacial score (nSPS) is 12.9. The summed E-state index contributed by atoms with van der Waals surface area (Å²) in [4.78, 5) is 26.4. The van der Waals surface area contributed by atoms with Crippen LogP contribution < -0.4 is 10.6 Å².